The topological polar surface area (TPSA) is 61.3 Å². The number of nitrogens with one attached hydrogen (secondary N) is 1. The van der Waals surface area contributed by atoms with Gasteiger partial charge >= 0.3 is 0 Å². The zero-order valence-electron chi connectivity index (χ0n) is 15.0. The molecule has 7 rings (SSSR count). The van der Waals surface area contributed by atoms with Crippen LogP contribution in [-0.2, 0) is 17.6 Å². The van der Waals surface area contributed by atoms with Gasteiger partial charge in [-0.25, -0.2) is 9.37 Å². The Balaban J connectivity index is 1.25. The molecule has 2 bridgehead atoms. The van der Waals surface area contributed by atoms with Crippen LogP contribution in [0.15, 0.2) is 29.2 Å². The van der Waals surface area contributed by atoms with Gasteiger partial charge < -0.3 is 10.2 Å². The van der Waals surface area contributed by atoms with Gasteiger partial charge in [-0.15, -0.1) is 0 Å². The Hall–Kier alpha value is -1.86. The number of halogens is 1. The van der Waals surface area contributed by atoms with Crippen molar-refractivity contribution in [2.45, 2.75) is 42.0 Å². The first-order valence-electron chi connectivity index (χ1n) is 9.68. The van der Waals surface area contributed by atoms with E-state index in [1.54, 1.807) is 0 Å². The summed E-state index contributed by atoms with van der Waals surface area (Å²) in [5.74, 6) is 3.48. The highest BCUT2D eigenvalue weighted by Crippen LogP contribution is 2.59. The fraction of sp³-hybridized carbons (Fsp3) is 0.500. The molecule has 2 aromatic rings. The van der Waals surface area contributed by atoms with E-state index in [9.17, 15) is 8.94 Å². The van der Waals surface area contributed by atoms with Crippen molar-refractivity contribution in [3.8, 4) is 0 Å². The zero-order chi connectivity index (χ0) is 18.2. The van der Waals surface area contributed by atoms with Gasteiger partial charge in [-0.05, 0) is 42.9 Å². The smallest absolute Gasteiger partial charge is 0.253 e. The quantitative estimate of drug-likeness (QED) is 0.792. The number of fused-ring (bicyclic) bond motifs is 1. The summed E-state index contributed by atoms with van der Waals surface area (Å²) >= 11 is -0.741. The van der Waals surface area contributed by atoms with Crippen molar-refractivity contribution >= 4 is 22.9 Å². The first-order valence-corrected chi connectivity index (χ1v) is 11.0. The van der Waals surface area contributed by atoms with Crippen molar-refractivity contribution in [3.05, 3.63) is 41.3 Å². The maximum atomic E-state index is 13.1. The van der Waals surface area contributed by atoms with E-state index in [-0.39, 0.29) is 11.4 Å². The number of rotatable bonds is 4. The second kappa shape index (κ2) is 5.58. The molecule has 2 N–H and O–H groups in total. The van der Waals surface area contributed by atoms with Crippen LogP contribution in [0.3, 0.4) is 0 Å². The second-order valence-corrected chi connectivity index (χ2v) is 10.1. The molecule has 0 amide bonds. The van der Waals surface area contributed by atoms with Gasteiger partial charge in [0.15, 0.2) is 22.7 Å². The largest absolute Gasteiger partial charge is 0.360 e. The summed E-state index contributed by atoms with van der Waals surface area (Å²) in [5.41, 5.74) is 2.39. The van der Waals surface area contributed by atoms with Gasteiger partial charge in [-0.3, -0.25) is 0 Å². The van der Waals surface area contributed by atoms with E-state index >= 15 is 0 Å². The number of nitrogens with zero attached hydrogens (tertiary/aromatic N) is 3. The predicted octanol–water partition coefficient (Wildman–Crippen LogP) is 3.19. The molecule has 1 atom stereocenters. The van der Waals surface area contributed by atoms with Crippen LogP contribution in [0.2, 0.25) is 0 Å². The Kier molecular flexibility index (Phi) is 3.33. The van der Waals surface area contributed by atoms with Crippen LogP contribution in [-0.4, -0.2) is 38.9 Å². The van der Waals surface area contributed by atoms with Gasteiger partial charge in [-0.1, -0.05) is 12.1 Å². The number of benzene rings is 1. The lowest BCUT2D eigenvalue weighted by atomic mass is 9.50. The molecular weight excluding hydrogens is 363 g/mol. The minimum Gasteiger partial charge on any atom is -0.360 e. The maximum Gasteiger partial charge on any atom is 0.253 e. The average molecular weight is 385 g/mol. The van der Waals surface area contributed by atoms with Gasteiger partial charge in [-0.2, -0.15) is 9.54 Å². The Morgan fingerprint density at radius 2 is 1.89 bits per heavy atom. The van der Waals surface area contributed by atoms with Gasteiger partial charge in [0.05, 0.1) is 0 Å². The normalized spacial score (nSPS) is 31.0. The van der Waals surface area contributed by atoms with Gasteiger partial charge in [0.1, 0.15) is 11.5 Å². The van der Waals surface area contributed by atoms with Gasteiger partial charge in [0.25, 0.3) is 4.90 Å². The van der Waals surface area contributed by atoms with Gasteiger partial charge in [0, 0.05) is 31.0 Å². The van der Waals surface area contributed by atoms with Crippen molar-refractivity contribution in [1.29, 1.82) is 0 Å². The molecule has 27 heavy (non-hydrogen) atoms. The van der Waals surface area contributed by atoms with E-state index in [4.69, 9.17) is 9.97 Å². The highest BCUT2D eigenvalue weighted by Gasteiger charge is 2.57. The summed E-state index contributed by atoms with van der Waals surface area (Å²) in [6, 6.07) is 6.79. The lowest BCUT2D eigenvalue weighted by molar-refractivity contribution is 0.00158. The van der Waals surface area contributed by atoms with E-state index in [1.807, 2.05) is 12.1 Å². The van der Waals surface area contributed by atoms with Crippen molar-refractivity contribution in [2.24, 2.45) is 5.92 Å². The molecule has 1 aromatic heterocycles. The van der Waals surface area contributed by atoms with E-state index < -0.39 is 11.2 Å². The highest BCUT2D eigenvalue weighted by atomic mass is 32.2. The van der Waals surface area contributed by atoms with Crippen molar-refractivity contribution in [1.82, 2.24) is 9.97 Å². The van der Waals surface area contributed by atoms with Crippen LogP contribution in [0.25, 0.3) is 0 Å². The first-order chi connectivity index (χ1) is 13.1. The monoisotopic (exact) mass is 385 g/mol. The summed E-state index contributed by atoms with van der Waals surface area (Å²) < 4.78 is 23.6. The van der Waals surface area contributed by atoms with Crippen LogP contribution in [0.1, 0.15) is 36.4 Å². The Bertz CT molecular complexity index is 898. The lowest BCUT2D eigenvalue weighted by Crippen LogP contribution is -2.63. The fourth-order valence-corrected chi connectivity index (χ4v) is 6.22. The fourth-order valence-electron chi connectivity index (χ4n) is 4.89. The SMILES string of the molecule is O[S+]1CCc2nc(N3CC(c4ccc(F)cc4)C3)nc(NC34CC(C3)C4)c21. The summed E-state index contributed by atoms with van der Waals surface area (Å²) in [6.07, 6.45) is 4.52. The zero-order valence-corrected chi connectivity index (χ0v) is 15.8. The molecule has 5 nitrogen and oxygen atoms in total. The Labute approximate surface area is 160 Å². The van der Waals surface area contributed by atoms with Crippen LogP contribution in [0.4, 0.5) is 16.2 Å². The standard InChI is InChI=1S/C20H22FN4OS/c21-15-3-1-13(2-4-15)14-10-25(11-14)19-22-16-5-6-27(26)17(16)18(23-19)24-20-7-12(8-20)9-20/h1-4,12,14,26H,5-11H2,(H,22,23,24)/q+1. The molecule has 140 valence electrons. The number of aromatic nitrogens is 2. The Morgan fingerprint density at radius 1 is 1.15 bits per heavy atom. The molecule has 1 saturated heterocycles. The predicted molar refractivity (Wildman–Crippen MR) is 104 cm³/mol. The molecule has 4 fully saturated rings. The second-order valence-electron chi connectivity index (χ2n) is 8.50. The third-order valence-electron chi connectivity index (χ3n) is 6.62. The van der Waals surface area contributed by atoms with E-state index in [0.29, 0.717) is 5.92 Å². The van der Waals surface area contributed by atoms with E-state index in [0.717, 1.165) is 59.1 Å². The minimum absolute atomic E-state index is 0.194. The molecule has 1 unspecified atom stereocenters. The first kappa shape index (κ1) is 16.1. The number of anilines is 2. The summed E-state index contributed by atoms with van der Waals surface area (Å²) in [7, 11) is 0. The lowest BCUT2D eigenvalue weighted by Gasteiger charge is -2.62. The molecule has 0 radical (unpaired) electrons. The van der Waals surface area contributed by atoms with Gasteiger partial charge in [0.2, 0.25) is 5.95 Å². The number of hydrogen-bond donors (Lipinski definition) is 2. The average Bonchev–Trinajstić information content (AvgIpc) is 2.91. The summed E-state index contributed by atoms with van der Waals surface area (Å²) in [5, 5.41) is 3.67. The highest BCUT2D eigenvalue weighted by molar-refractivity contribution is 7.92. The van der Waals surface area contributed by atoms with Crippen LogP contribution in [0, 0.1) is 11.7 Å². The summed E-state index contributed by atoms with van der Waals surface area (Å²) in [6.45, 7) is 1.70. The van der Waals surface area contributed by atoms with Crippen LogP contribution < -0.4 is 10.2 Å². The molecule has 1 aromatic carbocycles. The van der Waals surface area contributed by atoms with E-state index in [1.165, 1.54) is 31.4 Å². The third-order valence-corrected chi connectivity index (χ3v) is 8.11. The number of aryl methyl sites for hydroxylation is 1. The molecule has 7 heteroatoms. The Morgan fingerprint density at radius 3 is 2.56 bits per heavy atom. The van der Waals surface area contributed by atoms with Crippen LogP contribution in [0.5, 0.6) is 0 Å². The molecule has 0 spiro atoms. The maximum absolute atomic E-state index is 13.1. The van der Waals surface area contributed by atoms with Crippen LogP contribution >= 0.6 is 0 Å². The minimum atomic E-state index is -0.741. The number of hydrogen-bond acceptors (Lipinski definition) is 5. The summed E-state index contributed by atoms with van der Waals surface area (Å²) in [4.78, 5) is 12.8. The molecular formula is C20H22FN4OS+. The van der Waals surface area contributed by atoms with Crippen molar-refractivity contribution in [3.63, 3.8) is 0 Å². The molecule has 3 aliphatic carbocycles. The van der Waals surface area contributed by atoms with E-state index in [2.05, 4.69) is 10.2 Å². The van der Waals surface area contributed by atoms with Crippen molar-refractivity contribution < 1.29 is 8.94 Å². The molecule has 5 aliphatic rings. The van der Waals surface area contributed by atoms with Crippen molar-refractivity contribution in [2.75, 3.05) is 29.1 Å². The third kappa shape index (κ3) is 2.48. The molecule has 2 aliphatic heterocycles. The molecule has 3 saturated carbocycles. The molecule has 3 heterocycles.